The van der Waals surface area contributed by atoms with E-state index in [0.717, 1.165) is 16.7 Å². The largest absolute Gasteiger partial charge is 0.312 e. The van der Waals surface area contributed by atoms with E-state index in [4.69, 9.17) is 0 Å². The molecule has 21 heavy (non-hydrogen) atoms. The summed E-state index contributed by atoms with van der Waals surface area (Å²) in [4.78, 5) is 0. The maximum atomic E-state index is 12.4. The quantitative estimate of drug-likeness (QED) is 0.892. The van der Waals surface area contributed by atoms with Crippen LogP contribution in [0.15, 0.2) is 54.6 Å². The minimum Gasteiger partial charge on any atom is -0.312 e. The van der Waals surface area contributed by atoms with Gasteiger partial charge in [-0.15, -0.1) is 0 Å². The van der Waals surface area contributed by atoms with Gasteiger partial charge in [-0.05, 0) is 25.1 Å². The number of hydrogen-bond acceptors (Lipinski definition) is 3. The lowest BCUT2D eigenvalue weighted by molar-refractivity contribution is 0.573. The Bertz CT molecular complexity index is 681. The van der Waals surface area contributed by atoms with Gasteiger partial charge in [0.2, 0.25) is 0 Å². The second-order valence-electron chi connectivity index (χ2n) is 5.30. The maximum Gasteiger partial charge on any atom is 0.156 e. The van der Waals surface area contributed by atoms with Crippen LogP contribution in [-0.2, 0) is 15.6 Å². The van der Waals surface area contributed by atoms with Crippen molar-refractivity contribution in [3.8, 4) is 0 Å². The van der Waals surface area contributed by atoms with Crippen molar-refractivity contribution in [2.75, 3.05) is 12.8 Å². The smallest absolute Gasteiger partial charge is 0.156 e. The normalized spacial score (nSPS) is 13.0. The van der Waals surface area contributed by atoms with E-state index in [9.17, 15) is 8.42 Å². The molecule has 1 unspecified atom stereocenters. The highest BCUT2D eigenvalue weighted by Crippen LogP contribution is 2.17. The third-order valence-electron chi connectivity index (χ3n) is 3.44. The van der Waals surface area contributed by atoms with Crippen LogP contribution >= 0.6 is 0 Å². The molecule has 0 heterocycles. The van der Waals surface area contributed by atoms with Gasteiger partial charge in [-0.2, -0.15) is 0 Å². The molecule has 0 spiro atoms. The van der Waals surface area contributed by atoms with E-state index < -0.39 is 9.84 Å². The van der Waals surface area contributed by atoms with Gasteiger partial charge in [-0.25, -0.2) is 8.42 Å². The van der Waals surface area contributed by atoms with Gasteiger partial charge in [-0.3, -0.25) is 0 Å². The predicted molar refractivity (Wildman–Crippen MR) is 86.9 cm³/mol. The van der Waals surface area contributed by atoms with Gasteiger partial charge in [0, 0.05) is 6.04 Å². The third-order valence-corrected chi connectivity index (χ3v) is 5.05. The first-order chi connectivity index (χ1) is 10.00. The van der Waals surface area contributed by atoms with Crippen molar-refractivity contribution in [3.05, 3.63) is 71.3 Å². The standard InChI is InChI=1S/C17H21NO2S/c1-14-7-6-8-15(11-14)12-21(19,20)13-17(18-2)16-9-4-3-5-10-16/h3-11,17-18H,12-13H2,1-2H3. The molecule has 2 aromatic carbocycles. The molecule has 0 saturated carbocycles. The molecule has 1 atom stereocenters. The van der Waals surface area contributed by atoms with Crippen LogP contribution in [0.25, 0.3) is 0 Å². The highest BCUT2D eigenvalue weighted by Gasteiger charge is 2.20. The lowest BCUT2D eigenvalue weighted by Crippen LogP contribution is -2.26. The van der Waals surface area contributed by atoms with Crippen LogP contribution in [0.4, 0.5) is 0 Å². The van der Waals surface area contributed by atoms with Crippen molar-refractivity contribution in [2.45, 2.75) is 18.7 Å². The lowest BCUT2D eigenvalue weighted by atomic mass is 10.1. The van der Waals surface area contributed by atoms with Gasteiger partial charge >= 0.3 is 0 Å². The van der Waals surface area contributed by atoms with Crippen molar-refractivity contribution in [2.24, 2.45) is 0 Å². The fourth-order valence-electron chi connectivity index (χ4n) is 2.40. The van der Waals surface area contributed by atoms with Gasteiger partial charge in [0.1, 0.15) is 0 Å². The number of benzene rings is 2. The van der Waals surface area contributed by atoms with E-state index in [1.165, 1.54) is 0 Å². The monoisotopic (exact) mass is 303 g/mol. The fraction of sp³-hybridized carbons (Fsp3) is 0.294. The third kappa shape index (κ3) is 4.69. The summed E-state index contributed by atoms with van der Waals surface area (Å²) in [7, 11) is -1.38. The van der Waals surface area contributed by atoms with Crippen LogP contribution in [0, 0.1) is 6.92 Å². The van der Waals surface area contributed by atoms with Crippen molar-refractivity contribution in [3.63, 3.8) is 0 Å². The fourth-order valence-corrected chi connectivity index (χ4v) is 4.07. The Kier molecular flexibility index (Phi) is 5.15. The molecule has 112 valence electrons. The van der Waals surface area contributed by atoms with E-state index in [0.29, 0.717) is 0 Å². The van der Waals surface area contributed by atoms with Crippen LogP contribution in [-0.4, -0.2) is 21.2 Å². The number of hydrogen-bond donors (Lipinski definition) is 1. The Labute approximate surface area is 126 Å². The van der Waals surface area contributed by atoms with Crippen LogP contribution in [0.1, 0.15) is 22.7 Å². The zero-order valence-electron chi connectivity index (χ0n) is 12.4. The van der Waals surface area contributed by atoms with Gasteiger partial charge in [0.15, 0.2) is 9.84 Å². The van der Waals surface area contributed by atoms with E-state index in [1.807, 2.05) is 61.5 Å². The molecule has 0 fully saturated rings. The minimum absolute atomic E-state index is 0.0830. The number of rotatable bonds is 6. The zero-order chi connectivity index (χ0) is 15.3. The number of aryl methyl sites for hydroxylation is 1. The molecule has 0 aliphatic carbocycles. The molecule has 2 aromatic rings. The maximum absolute atomic E-state index is 12.4. The summed E-state index contributed by atoms with van der Waals surface area (Å²) in [6, 6.07) is 17.1. The first kappa shape index (κ1) is 15.7. The minimum atomic E-state index is -3.17. The van der Waals surface area contributed by atoms with Crippen LogP contribution in [0.3, 0.4) is 0 Å². The summed E-state index contributed by atoms with van der Waals surface area (Å²) >= 11 is 0. The molecule has 0 aliphatic heterocycles. The summed E-state index contributed by atoms with van der Waals surface area (Å²) in [6.07, 6.45) is 0. The molecule has 0 bridgehead atoms. The van der Waals surface area contributed by atoms with Gasteiger partial charge in [0.25, 0.3) is 0 Å². The Morgan fingerprint density at radius 3 is 2.38 bits per heavy atom. The zero-order valence-corrected chi connectivity index (χ0v) is 13.2. The van der Waals surface area contributed by atoms with Crippen LogP contribution < -0.4 is 5.32 Å². The molecule has 0 saturated heterocycles. The summed E-state index contributed by atoms with van der Waals surface area (Å²) in [6.45, 7) is 1.97. The van der Waals surface area contributed by atoms with Gasteiger partial charge in [-0.1, -0.05) is 60.2 Å². The Hall–Kier alpha value is -1.65. The second kappa shape index (κ2) is 6.87. The molecule has 1 N–H and O–H groups in total. The first-order valence-electron chi connectivity index (χ1n) is 6.98. The number of nitrogens with one attached hydrogen (secondary N) is 1. The predicted octanol–water partition coefficient (Wildman–Crippen LogP) is 2.87. The Balaban J connectivity index is 2.13. The Morgan fingerprint density at radius 1 is 1.05 bits per heavy atom. The van der Waals surface area contributed by atoms with Crippen LogP contribution in [0.2, 0.25) is 0 Å². The second-order valence-corrected chi connectivity index (χ2v) is 7.40. The lowest BCUT2D eigenvalue weighted by Gasteiger charge is -2.17. The summed E-state index contributed by atoms with van der Waals surface area (Å²) in [5.74, 6) is 0.182. The average Bonchev–Trinajstić information content (AvgIpc) is 2.45. The first-order valence-corrected chi connectivity index (χ1v) is 8.80. The van der Waals surface area contributed by atoms with Crippen molar-refractivity contribution < 1.29 is 8.42 Å². The molecule has 4 heteroatoms. The Morgan fingerprint density at radius 2 is 1.76 bits per heavy atom. The molecular weight excluding hydrogens is 282 g/mol. The summed E-state index contributed by atoms with van der Waals surface area (Å²) in [5.41, 5.74) is 2.92. The van der Waals surface area contributed by atoms with E-state index in [-0.39, 0.29) is 17.5 Å². The van der Waals surface area contributed by atoms with Crippen molar-refractivity contribution in [1.82, 2.24) is 5.32 Å². The highest BCUT2D eigenvalue weighted by atomic mass is 32.2. The van der Waals surface area contributed by atoms with Crippen LogP contribution in [0.5, 0.6) is 0 Å². The molecule has 0 aromatic heterocycles. The molecule has 0 aliphatic rings. The molecular formula is C17H21NO2S. The molecule has 0 radical (unpaired) electrons. The SMILES string of the molecule is CNC(CS(=O)(=O)Cc1cccc(C)c1)c1ccccc1. The highest BCUT2D eigenvalue weighted by molar-refractivity contribution is 7.90. The molecule has 0 amide bonds. The van der Waals surface area contributed by atoms with Crippen molar-refractivity contribution >= 4 is 9.84 Å². The van der Waals surface area contributed by atoms with Crippen molar-refractivity contribution in [1.29, 1.82) is 0 Å². The van der Waals surface area contributed by atoms with Gasteiger partial charge < -0.3 is 5.32 Å². The number of sulfone groups is 1. The van der Waals surface area contributed by atoms with E-state index in [2.05, 4.69) is 5.32 Å². The average molecular weight is 303 g/mol. The summed E-state index contributed by atoms with van der Waals surface area (Å²) < 4.78 is 24.8. The molecule has 2 rings (SSSR count). The van der Waals surface area contributed by atoms with E-state index in [1.54, 1.807) is 7.05 Å². The molecule has 3 nitrogen and oxygen atoms in total. The topological polar surface area (TPSA) is 46.2 Å². The van der Waals surface area contributed by atoms with E-state index >= 15 is 0 Å². The summed E-state index contributed by atoms with van der Waals surface area (Å²) in [5, 5.41) is 3.09. The van der Waals surface area contributed by atoms with Gasteiger partial charge in [0.05, 0.1) is 11.5 Å².